The summed E-state index contributed by atoms with van der Waals surface area (Å²) in [6, 6.07) is 13.1. The number of aromatic amines is 1. The van der Waals surface area contributed by atoms with Gasteiger partial charge in [-0.1, -0.05) is 36.0 Å². The molecule has 5 nitrogen and oxygen atoms in total. The van der Waals surface area contributed by atoms with E-state index >= 15 is 0 Å². The number of aryl methyl sites for hydroxylation is 2. The minimum Gasteiger partial charge on any atom is -0.316 e. The van der Waals surface area contributed by atoms with Gasteiger partial charge in [0, 0.05) is 15.8 Å². The van der Waals surface area contributed by atoms with Gasteiger partial charge in [-0.05, 0) is 43.2 Å². The first kappa shape index (κ1) is 15.3. The Balaban J connectivity index is 2.27. The van der Waals surface area contributed by atoms with Gasteiger partial charge in [0.25, 0.3) is 0 Å². The highest BCUT2D eigenvalue weighted by molar-refractivity contribution is 7.99. The van der Waals surface area contributed by atoms with Crippen LogP contribution in [0, 0.1) is 24.0 Å². The molecule has 0 saturated carbocycles. The molecule has 116 valence electrons. The monoisotopic (exact) mass is 326 g/mol. The summed E-state index contributed by atoms with van der Waals surface area (Å²) in [7, 11) is 0. The third-order valence-corrected chi connectivity index (χ3v) is 4.54. The smallest absolute Gasteiger partial charge is 0.316 e. The Morgan fingerprint density at radius 1 is 1.09 bits per heavy atom. The maximum absolute atomic E-state index is 12.1. The number of nitrogens with zero attached hydrogens (tertiary/aromatic N) is 1. The number of nitrogens with one attached hydrogen (secondary N) is 1. The van der Waals surface area contributed by atoms with E-state index in [2.05, 4.69) is 4.98 Å². The van der Waals surface area contributed by atoms with E-state index < -0.39 is 16.2 Å². The summed E-state index contributed by atoms with van der Waals surface area (Å²) in [6.45, 7) is 3.95. The zero-order valence-electron chi connectivity index (χ0n) is 12.6. The minimum atomic E-state index is -0.680. The summed E-state index contributed by atoms with van der Waals surface area (Å²) < 4.78 is 0. The third-order valence-electron chi connectivity index (χ3n) is 3.45. The van der Waals surface area contributed by atoms with Crippen molar-refractivity contribution >= 4 is 28.4 Å². The maximum atomic E-state index is 12.1. The Morgan fingerprint density at radius 3 is 2.39 bits per heavy atom. The Labute approximate surface area is 136 Å². The molecule has 1 N–H and O–H groups in total. The molecule has 0 aliphatic heterocycles. The minimum absolute atomic E-state index is 0.374. The van der Waals surface area contributed by atoms with Gasteiger partial charge in [-0.25, -0.2) is 0 Å². The van der Waals surface area contributed by atoms with Gasteiger partial charge in [-0.15, -0.1) is 0 Å². The molecule has 0 aliphatic carbocycles. The van der Waals surface area contributed by atoms with Crippen LogP contribution in [0.4, 0.5) is 5.69 Å². The molecular weight excluding hydrogens is 312 g/mol. The number of para-hydroxylation sites is 1. The van der Waals surface area contributed by atoms with Gasteiger partial charge in [0.1, 0.15) is 4.90 Å². The maximum Gasteiger partial charge on any atom is 0.348 e. The Kier molecular flexibility index (Phi) is 3.92. The van der Waals surface area contributed by atoms with Gasteiger partial charge in [0.2, 0.25) is 0 Å². The van der Waals surface area contributed by atoms with Crippen LogP contribution < -0.4 is 5.56 Å². The first-order valence-corrected chi connectivity index (χ1v) is 7.83. The normalized spacial score (nSPS) is 10.9. The SMILES string of the molecule is Cc1cc(C)cc(Sc2c([N+](=O)[O-])c(=O)[nH]c3ccccc23)c1. The van der Waals surface area contributed by atoms with Crippen LogP contribution in [0.2, 0.25) is 0 Å². The lowest BCUT2D eigenvalue weighted by Crippen LogP contribution is -2.13. The molecule has 23 heavy (non-hydrogen) atoms. The second-order valence-corrected chi connectivity index (χ2v) is 6.44. The van der Waals surface area contributed by atoms with Crippen molar-refractivity contribution in [2.75, 3.05) is 0 Å². The molecule has 3 aromatic rings. The number of fused-ring (bicyclic) bond motifs is 1. The lowest BCUT2D eigenvalue weighted by Gasteiger charge is -2.08. The van der Waals surface area contributed by atoms with Crippen molar-refractivity contribution in [2.24, 2.45) is 0 Å². The highest BCUT2D eigenvalue weighted by Crippen LogP contribution is 2.38. The van der Waals surface area contributed by atoms with Crippen LogP contribution in [0.15, 0.2) is 57.1 Å². The van der Waals surface area contributed by atoms with Gasteiger partial charge >= 0.3 is 11.2 Å². The molecule has 6 heteroatoms. The lowest BCUT2D eigenvalue weighted by atomic mass is 10.2. The number of H-pyrrole nitrogens is 1. The van der Waals surface area contributed by atoms with Gasteiger partial charge in [0.15, 0.2) is 0 Å². The highest BCUT2D eigenvalue weighted by atomic mass is 32.2. The number of nitro groups is 1. The fraction of sp³-hybridized carbons (Fsp3) is 0.118. The molecule has 3 rings (SSSR count). The first-order valence-electron chi connectivity index (χ1n) is 7.01. The summed E-state index contributed by atoms with van der Waals surface area (Å²) >= 11 is 1.25. The molecule has 0 saturated heterocycles. The van der Waals surface area contributed by atoms with E-state index in [1.165, 1.54) is 11.8 Å². The summed E-state index contributed by atoms with van der Waals surface area (Å²) in [6.07, 6.45) is 0. The van der Waals surface area contributed by atoms with Crippen LogP contribution in [0.25, 0.3) is 10.9 Å². The topological polar surface area (TPSA) is 76.0 Å². The Morgan fingerprint density at radius 2 is 1.74 bits per heavy atom. The average Bonchev–Trinajstić information content (AvgIpc) is 2.45. The van der Waals surface area contributed by atoms with Crippen molar-refractivity contribution in [1.29, 1.82) is 0 Å². The van der Waals surface area contributed by atoms with E-state index in [0.717, 1.165) is 16.0 Å². The molecule has 0 amide bonds. The van der Waals surface area contributed by atoms with Gasteiger partial charge < -0.3 is 4.98 Å². The molecule has 0 unspecified atom stereocenters. The van der Waals surface area contributed by atoms with Crippen molar-refractivity contribution < 1.29 is 4.92 Å². The second-order valence-electron chi connectivity index (χ2n) is 5.36. The molecule has 0 fully saturated rings. The molecule has 1 aromatic heterocycles. The average molecular weight is 326 g/mol. The van der Waals surface area contributed by atoms with Crippen LogP contribution >= 0.6 is 11.8 Å². The largest absolute Gasteiger partial charge is 0.348 e. The molecule has 0 aliphatic rings. The van der Waals surface area contributed by atoms with Gasteiger partial charge in [0.05, 0.1) is 4.92 Å². The zero-order chi connectivity index (χ0) is 16.6. The predicted octanol–water partition coefficient (Wildman–Crippen LogP) is 4.20. The number of pyridine rings is 1. The van der Waals surface area contributed by atoms with Crippen molar-refractivity contribution in [3.63, 3.8) is 0 Å². The van der Waals surface area contributed by atoms with Crippen LogP contribution in [-0.2, 0) is 0 Å². The van der Waals surface area contributed by atoms with Crippen molar-refractivity contribution in [3.8, 4) is 0 Å². The molecule has 0 radical (unpaired) electrons. The molecule has 2 aromatic carbocycles. The molecule has 1 heterocycles. The second kappa shape index (κ2) is 5.89. The van der Waals surface area contributed by atoms with E-state index in [0.29, 0.717) is 15.8 Å². The standard InChI is InChI=1S/C17H14N2O3S/c1-10-7-11(2)9-12(8-10)23-16-13-5-3-4-6-14(13)18-17(20)15(16)19(21)22/h3-9H,1-2H3,(H,18,20). The van der Waals surface area contributed by atoms with Crippen LogP contribution in [0.3, 0.4) is 0 Å². The first-order chi connectivity index (χ1) is 11.0. The van der Waals surface area contributed by atoms with E-state index in [4.69, 9.17) is 0 Å². The van der Waals surface area contributed by atoms with Crippen LogP contribution in [0.1, 0.15) is 11.1 Å². The van der Waals surface area contributed by atoms with Crippen LogP contribution in [-0.4, -0.2) is 9.91 Å². The van der Waals surface area contributed by atoms with Crippen molar-refractivity contribution in [3.05, 3.63) is 74.1 Å². The summed E-state index contributed by atoms with van der Waals surface area (Å²) in [5.41, 5.74) is 1.65. The molecule has 0 atom stereocenters. The van der Waals surface area contributed by atoms with Crippen LogP contribution in [0.5, 0.6) is 0 Å². The van der Waals surface area contributed by atoms with E-state index in [1.807, 2.05) is 32.0 Å². The van der Waals surface area contributed by atoms with E-state index in [1.54, 1.807) is 24.3 Å². The van der Waals surface area contributed by atoms with Gasteiger partial charge in [-0.3, -0.25) is 14.9 Å². The van der Waals surface area contributed by atoms with Gasteiger partial charge in [-0.2, -0.15) is 0 Å². The lowest BCUT2D eigenvalue weighted by molar-refractivity contribution is -0.389. The molecule has 0 bridgehead atoms. The fourth-order valence-corrected chi connectivity index (χ4v) is 3.86. The Bertz CT molecular complexity index is 959. The van der Waals surface area contributed by atoms with E-state index in [9.17, 15) is 14.9 Å². The number of benzene rings is 2. The number of hydrogen-bond donors (Lipinski definition) is 1. The quantitative estimate of drug-likeness (QED) is 0.578. The van der Waals surface area contributed by atoms with E-state index in [-0.39, 0.29) is 0 Å². The summed E-state index contributed by atoms with van der Waals surface area (Å²) in [5, 5.41) is 12.1. The number of hydrogen-bond acceptors (Lipinski definition) is 4. The zero-order valence-corrected chi connectivity index (χ0v) is 13.4. The molecule has 0 spiro atoms. The summed E-state index contributed by atoms with van der Waals surface area (Å²) in [5.74, 6) is 0. The Hall–Kier alpha value is -2.60. The number of aromatic nitrogens is 1. The highest BCUT2D eigenvalue weighted by Gasteiger charge is 2.23. The molecular formula is C17H14N2O3S. The fourth-order valence-electron chi connectivity index (χ4n) is 2.58. The van der Waals surface area contributed by atoms with Crippen molar-refractivity contribution in [1.82, 2.24) is 4.98 Å². The predicted molar refractivity (Wildman–Crippen MR) is 91.3 cm³/mol. The third kappa shape index (κ3) is 2.98. The number of rotatable bonds is 3. The summed E-state index contributed by atoms with van der Waals surface area (Å²) in [4.78, 5) is 26.7. The van der Waals surface area contributed by atoms with Crippen molar-refractivity contribution in [2.45, 2.75) is 23.6 Å².